The predicted molar refractivity (Wildman–Crippen MR) is 65.6 cm³/mol. The second-order valence-corrected chi connectivity index (χ2v) is 4.54. The highest BCUT2D eigenvalue weighted by molar-refractivity contribution is 7.45. The maximum absolute atomic E-state index is 11.2. The van der Waals surface area contributed by atoms with Crippen molar-refractivity contribution in [2.24, 2.45) is 0 Å². The molecule has 5 nitrogen and oxygen atoms in total. The van der Waals surface area contributed by atoms with E-state index in [1.54, 1.807) is 6.92 Å². The van der Waals surface area contributed by atoms with Crippen LogP contribution in [0, 0.1) is 0 Å². The third-order valence-electron chi connectivity index (χ3n) is 1.95. The first-order valence-electron chi connectivity index (χ1n) is 5.08. The number of ether oxygens (including phenoxy) is 1. The molecule has 6 heteroatoms. The molecule has 17 heavy (non-hydrogen) atoms. The van der Waals surface area contributed by atoms with E-state index in [4.69, 9.17) is 9.05 Å². The van der Waals surface area contributed by atoms with Crippen LogP contribution in [0.4, 0.5) is 0 Å². The lowest BCUT2D eigenvalue weighted by atomic mass is 10.3. The van der Waals surface area contributed by atoms with Gasteiger partial charge in [-0.05, 0) is 19.1 Å². The van der Waals surface area contributed by atoms with Crippen LogP contribution in [0.15, 0.2) is 30.3 Å². The summed E-state index contributed by atoms with van der Waals surface area (Å²) in [4.78, 5) is 11.2. The zero-order valence-electron chi connectivity index (χ0n) is 10.0. The van der Waals surface area contributed by atoms with Crippen LogP contribution in [0.25, 0.3) is 0 Å². The molecule has 0 aliphatic rings. The number of benzene rings is 1. The molecule has 0 fully saturated rings. The lowest BCUT2D eigenvalue weighted by molar-refractivity contribution is -0.142. The fourth-order valence-electron chi connectivity index (χ4n) is 1.08. The van der Waals surface area contributed by atoms with Crippen LogP contribution in [0.1, 0.15) is 6.92 Å². The van der Waals surface area contributed by atoms with E-state index in [1.165, 1.54) is 14.2 Å². The van der Waals surface area contributed by atoms with E-state index >= 15 is 0 Å². The van der Waals surface area contributed by atoms with E-state index in [2.05, 4.69) is 9.82 Å². The van der Waals surface area contributed by atoms with E-state index in [-0.39, 0.29) is 5.97 Å². The Morgan fingerprint density at radius 1 is 1.29 bits per heavy atom. The van der Waals surface area contributed by atoms with Gasteiger partial charge in [0.15, 0.2) is 0 Å². The first-order valence-corrected chi connectivity index (χ1v) is 6.26. The highest BCUT2D eigenvalue weighted by Gasteiger charge is 2.20. The fourth-order valence-corrected chi connectivity index (χ4v) is 2.05. The third kappa shape index (κ3) is 4.69. The summed E-state index contributed by atoms with van der Waals surface area (Å²) >= 11 is 0. The average molecular weight is 257 g/mol. The van der Waals surface area contributed by atoms with Crippen LogP contribution in [0.5, 0.6) is 5.75 Å². The van der Waals surface area contributed by atoms with Gasteiger partial charge in [0.05, 0.1) is 7.11 Å². The van der Waals surface area contributed by atoms with Crippen molar-refractivity contribution in [3.8, 4) is 5.75 Å². The molecule has 1 rings (SSSR count). The van der Waals surface area contributed by atoms with Crippen molar-refractivity contribution in [1.29, 1.82) is 0 Å². The van der Waals surface area contributed by atoms with Gasteiger partial charge in [0.1, 0.15) is 11.8 Å². The summed E-state index contributed by atoms with van der Waals surface area (Å²) in [6.45, 7) is 1.69. The number of rotatable bonds is 6. The van der Waals surface area contributed by atoms with Gasteiger partial charge in [-0.2, -0.15) is 0 Å². The van der Waals surface area contributed by atoms with Crippen molar-refractivity contribution in [3.63, 3.8) is 0 Å². The highest BCUT2D eigenvalue weighted by atomic mass is 31.2. The maximum atomic E-state index is 11.2. The minimum absolute atomic E-state index is 0.355. The molecule has 0 aliphatic carbocycles. The predicted octanol–water partition coefficient (Wildman–Crippen LogP) is 2.09. The van der Waals surface area contributed by atoms with Gasteiger partial charge in [0.25, 0.3) is 0 Å². The van der Waals surface area contributed by atoms with Gasteiger partial charge < -0.3 is 13.8 Å². The van der Waals surface area contributed by atoms with Crippen molar-refractivity contribution in [1.82, 2.24) is 5.09 Å². The number of esters is 1. The lowest BCUT2D eigenvalue weighted by Gasteiger charge is -2.19. The average Bonchev–Trinajstić information content (AvgIpc) is 2.38. The number of carbonyl (C=O) groups is 1. The number of nitrogens with one attached hydrogen (secondary N) is 1. The van der Waals surface area contributed by atoms with Gasteiger partial charge in [0, 0.05) is 7.11 Å². The molecule has 0 amide bonds. The molecule has 1 aromatic rings. The first-order chi connectivity index (χ1) is 8.17. The molecule has 0 aliphatic heterocycles. The molecular weight excluding hydrogens is 241 g/mol. The number of hydrogen-bond donors (Lipinski definition) is 1. The molecule has 1 aromatic carbocycles. The van der Waals surface area contributed by atoms with E-state index in [0.29, 0.717) is 5.75 Å². The van der Waals surface area contributed by atoms with Crippen LogP contribution >= 0.6 is 8.53 Å². The molecular formula is C11H16NO4P. The van der Waals surface area contributed by atoms with Gasteiger partial charge in [-0.3, -0.25) is 4.79 Å². The quantitative estimate of drug-likeness (QED) is 0.624. The highest BCUT2D eigenvalue weighted by Crippen LogP contribution is 2.34. The third-order valence-corrected chi connectivity index (χ3v) is 3.26. The second kappa shape index (κ2) is 7.22. The van der Waals surface area contributed by atoms with Crippen molar-refractivity contribution in [2.45, 2.75) is 13.0 Å². The summed E-state index contributed by atoms with van der Waals surface area (Å²) in [5.74, 6) is 0.330. The number of carbonyl (C=O) groups excluding carboxylic acids is 1. The minimum Gasteiger partial charge on any atom is -0.468 e. The van der Waals surface area contributed by atoms with Crippen molar-refractivity contribution in [3.05, 3.63) is 30.3 Å². The molecule has 1 N–H and O–H groups in total. The Morgan fingerprint density at radius 3 is 2.47 bits per heavy atom. The number of methoxy groups -OCH3 is 1. The molecule has 0 saturated heterocycles. The molecule has 94 valence electrons. The zero-order chi connectivity index (χ0) is 12.7. The molecule has 0 radical (unpaired) electrons. The van der Waals surface area contributed by atoms with Gasteiger partial charge in [0.2, 0.25) is 0 Å². The molecule has 2 unspecified atom stereocenters. The SMILES string of the molecule is COC(=O)C(C)NP(OC)Oc1ccccc1. The second-order valence-electron chi connectivity index (χ2n) is 3.22. The Hall–Kier alpha value is -1.16. The first kappa shape index (κ1) is 13.9. The van der Waals surface area contributed by atoms with Crippen LogP contribution in [-0.2, 0) is 14.1 Å². The molecule has 0 heterocycles. The summed E-state index contributed by atoms with van der Waals surface area (Å²) in [7, 11) is 1.50. The Kier molecular flexibility index (Phi) is 5.91. The van der Waals surface area contributed by atoms with Gasteiger partial charge in [-0.1, -0.05) is 18.2 Å². The van der Waals surface area contributed by atoms with Crippen molar-refractivity contribution < 1.29 is 18.6 Å². The lowest BCUT2D eigenvalue weighted by Crippen LogP contribution is -2.32. The van der Waals surface area contributed by atoms with Crippen LogP contribution in [0.2, 0.25) is 0 Å². The van der Waals surface area contributed by atoms with Crippen LogP contribution in [-0.4, -0.2) is 26.2 Å². The topological polar surface area (TPSA) is 56.8 Å². The van der Waals surface area contributed by atoms with Crippen molar-refractivity contribution in [2.75, 3.05) is 14.2 Å². The van der Waals surface area contributed by atoms with E-state index in [0.717, 1.165) is 0 Å². The minimum atomic E-state index is -1.36. The number of hydrogen-bond acceptors (Lipinski definition) is 5. The molecule has 2 atom stereocenters. The fraction of sp³-hybridized carbons (Fsp3) is 0.364. The summed E-state index contributed by atoms with van der Waals surface area (Å²) < 4.78 is 15.3. The largest absolute Gasteiger partial charge is 0.468 e. The summed E-state index contributed by atoms with van der Waals surface area (Å²) in [6.07, 6.45) is 0. The number of para-hydroxylation sites is 1. The van der Waals surface area contributed by atoms with Crippen LogP contribution in [0.3, 0.4) is 0 Å². The van der Waals surface area contributed by atoms with E-state index in [9.17, 15) is 4.79 Å². The summed E-state index contributed by atoms with van der Waals surface area (Å²) in [5, 5.41) is 2.91. The Labute approximate surface area is 102 Å². The molecule has 0 bridgehead atoms. The Bertz CT molecular complexity index is 347. The van der Waals surface area contributed by atoms with E-state index in [1.807, 2.05) is 30.3 Å². The Balaban J connectivity index is 2.52. The van der Waals surface area contributed by atoms with Gasteiger partial charge >= 0.3 is 14.5 Å². The zero-order valence-corrected chi connectivity index (χ0v) is 10.9. The van der Waals surface area contributed by atoms with Gasteiger partial charge in [-0.15, -0.1) is 0 Å². The summed E-state index contributed by atoms with van der Waals surface area (Å²) in [6, 6.07) is 8.78. The van der Waals surface area contributed by atoms with Crippen molar-refractivity contribution >= 4 is 14.5 Å². The van der Waals surface area contributed by atoms with Gasteiger partial charge in [-0.25, -0.2) is 5.09 Å². The normalized spacial score (nSPS) is 13.8. The van der Waals surface area contributed by atoms with E-state index < -0.39 is 14.6 Å². The van der Waals surface area contributed by atoms with Crippen LogP contribution < -0.4 is 9.61 Å². The molecule has 0 aromatic heterocycles. The summed E-state index contributed by atoms with van der Waals surface area (Å²) in [5.41, 5.74) is 0. The monoisotopic (exact) mass is 257 g/mol. The smallest absolute Gasteiger partial charge is 0.323 e. The Morgan fingerprint density at radius 2 is 1.94 bits per heavy atom. The maximum Gasteiger partial charge on any atom is 0.323 e. The standard InChI is InChI=1S/C11H16NO4P/c1-9(11(13)14-2)12-17(15-3)16-10-7-5-4-6-8-10/h4-9,12H,1-3H3. The molecule has 0 saturated carbocycles. The molecule has 0 spiro atoms.